The molecule has 0 fully saturated rings. The topological polar surface area (TPSA) is 55.5 Å². The monoisotopic (exact) mass is 213 g/mol. The summed E-state index contributed by atoms with van der Waals surface area (Å²) in [5, 5.41) is 9.92. The molecule has 0 saturated heterocycles. The molecule has 0 amide bonds. The van der Waals surface area contributed by atoms with Gasteiger partial charge in [-0.05, 0) is 12.1 Å². The number of methoxy groups -OCH3 is 1. The van der Waals surface area contributed by atoms with Gasteiger partial charge in [-0.3, -0.25) is 0 Å². The van der Waals surface area contributed by atoms with E-state index in [2.05, 4.69) is 6.58 Å². The van der Waals surface area contributed by atoms with E-state index in [1.54, 1.807) is 12.1 Å². The van der Waals surface area contributed by atoms with Crippen LogP contribution in [-0.4, -0.2) is 12.2 Å². The number of phenolic OH excluding ortho intramolecular Hbond substituents is 1. The first-order valence-electron chi connectivity index (χ1n) is 4.05. The molecule has 1 aromatic rings. The molecular weight excluding hydrogens is 202 g/mol. The highest BCUT2D eigenvalue weighted by Gasteiger charge is 2.16. The lowest BCUT2D eigenvalue weighted by atomic mass is 10.1. The van der Waals surface area contributed by atoms with Gasteiger partial charge in [-0.15, -0.1) is 6.58 Å². The molecule has 0 heterocycles. The first-order chi connectivity index (χ1) is 6.61. The summed E-state index contributed by atoms with van der Waals surface area (Å²) in [6.45, 7) is 3.55. The van der Waals surface area contributed by atoms with Crippen LogP contribution >= 0.6 is 11.6 Å². The summed E-state index contributed by atoms with van der Waals surface area (Å²) >= 11 is 5.75. The number of aromatic hydroxyl groups is 1. The fourth-order valence-corrected chi connectivity index (χ4v) is 1.35. The number of nitrogens with two attached hydrogens (primary N) is 1. The standard InChI is InChI=1S/C10H12ClNO2/c1-3-7(12)9-8(14-2)5-4-6(11)10(9)13/h3-5,7,13H,1,12H2,2H3/t7-/m1/s1. The maximum atomic E-state index is 9.67. The Balaban J connectivity index is 3.34. The third-order valence-corrected chi connectivity index (χ3v) is 2.24. The van der Waals surface area contributed by atoms with Gasteiger partial charge in [0.25, 0.3) is 0 Å². The number of hydrogen-bond donors (Lipinski definition) is 2. The molecule has 4 heteroatoms. The van der Waals surface area contributed by atoms with Gasteiger partial charge >= 0.3 is 0 Å². The number of ether oxygens (including phenoxy) is 1. The van der Waals surface area contributed by atoms with Gasteiger partial charge < -0.3 is 15.6 Å². The summed E-state index contributed by atoms with van der Waals surface area (Å²) in [5.41, 5.74) is 6.18. The van der Waals surface area contributed by atoms with Crippen molar-refractivity contribution < 1.29 is 9.84 Å². The molecule has 1 rings (SSSR count). The molecule has 0 unspecified atom stereocenters. The van der Waals surface area contributed by atoms with Crippen molar-refractivity contribution in [2.24, 2.45) is 5.73 Å². The van der Waals surface area contributed by atoms with Crippen molar-refractivity contribution in [2.45, 2.75) is 6.04 Å². The molecule has 0 aromatic heterocycles. The molecule has 0 aliphatic heterocycles. The van der Waals surface area contributed by atoms with Crippen LogP contribution < -0.4 is 10.5 Å². The van der Waals surface area contributed by atoms with E-state index in [9.17, 15) is 5.11 Å². The van der Waals surface area contributed by atoms with Gasteiger partial charge in [0, 0.05) is 0 Å². The second-order valence-corrected chi connectivity index (χ2v) is 3.18. The van der Waals surface area contributed by atoms with Crippen molar-refractivity contribution >= 4 is 11.6 Å². The first kappa shape index (κ1) is 10.9. The molecular formula is C10H12ClNO2. The molecule has 1 atom stereocenters. The van der Waals surface area contributed by atoms with Crippen molar-refractivity contribution in [3.63, 3.8) is 0 Å². The molecule has 0 aliphatic rings. The maximum Gasteiger partial charge on any atom is 0.142 e. The molecule has 0 spiro atoms. The molecule has 76 valence electrons. The Morgan fingerprint density at radius 3 is 2.79 bits per heavy atom. The SMILES string of the molecule is C=C[C@@H](N)c1c(OC)ccc(Cl)c1O. The van der Waals surface area contributed by atoms with E-state index >= 15 is 0 Å². The van der Waals surface area contributed by atoms with Crippen LogP contribution in [0.1, 0.15) is 11.6 Å². The van der Waals surface area contributed by atoms with Gasteiger partial charge in [0.1, 0.15) is 11.5 Å². The molecule has 3 N–H and O–H groups in total. The van der Waals surface area contributed by atoms with E-state index < -0.39 is 6.04 Å². The van der Waals surface area contributed by atoms with Gasteiger partial charge in [-0.1, -0.05) is 17.7 Å². The fraction of sp³-hybridized carbons (Fsp3) is 0.200. The Labute approximate surface area is 87.8 Å². The van der Waals surface area contributed by atoms with Crippen LogP contribution in [0.4, 0.5) is 0 Å². The highest BCUT2D eigenvalue weighted by Crippen LogP contribution is 2.37. The van der Waals surface area contributed by atoms with Gasteiger partial charge in [0.15, 0.2) is 0 Å². The van der Waals surface area contributed by atoms with Crippen LogP contribution in [0.5, 0.6) is 11.5 Å². The number of hydrogen-bond acceptors (Lipinski definition) is 3. The predicted octanol–water partition coefficient (Wildman–Crippen LogP) is 2.24. The van der Waals surface area contributed by atoms with Crippen molar-refractivity contribution in [1.82, 2.24) is 0 Å². The van der Waals surface area contributed by atoms with E-state index in [1.807, 2.05) is 0 Å². The van der Waals surface area contributed by atoms with Crippen LogP contribution in [0.15, 0.2) is 24.8 Å². The molecule has 0 radical (unpaired) electrons. The number of halogens is 1. The first-order valence-corrected chi connectivity index (χ1v) is 4.43. The molecule has 0 saturated carbocycles. The molecule has 0 aliphatic carbocycles. The average Bonchev–Trinajstić information content (AvgIpc) is 2.20. The maximum absolute atomic E-state index is 9.67. The van der Waals surface area contributed by atoms with Crippen LogP contribution in [0, 0.1) is 0 Å². The largest absolute Gasteiger partial charge is 0.506 e. The van der Waals surface area contributed by atoms with Gasteiger partial charge in [-0.2, -0.15) is 0 Å². The number of rotatable bonds is 3. The van der Waals surface area contributed by atoms with Crippen molar-refractivity contribution in [3.8, 4) is 11.5 Å². The van der Waals surface area contributed by atoms with Gasteiger partial charge in [-0.25, -0.2) is 0 Å². The van der Waals surface area contributed by atoms with E-state index in [0.29, 0.717) is 11.3 Å². The third-order valence-electron chi connectivity index (χ3n) is 1.94. The van der Waals surface area contributed by atoms with E-state index in [-0.39, 0.29) is 10.8 Å². The highest BCUT2D eigenvalue weighted by atomic mass is 35.5. The highest BCUT2D eigenvalue weighted by molar-refractivity contribution is 6.32. The van der Waals surface area contributed by atoms with Gasteiger partial charge in [0.2, 0.25) is 0 Å². The fourth-order valence-electron chi connectivity index (χ4n) is 1.18. The molecule has 0 bridgehead atoms. The summed E-state index contributed by atoms with van der Waals surface area (Å²) < 4.78 is 5.06. The Morgan fingerprint density at radius 2 is 2.29 bits per heavy atom. The average molecular weight is 214 g/mol. The smallest absolute Gasteiger partial charge is 0.142 e. The summed E-state index contributed by atoms with van der Waals surface area (Å²) in [6, 6.07) is 2.71. The van der Waals surface area contributed by atoms with Crippen LogP contribution in [0.3, 0.4) is 0 Å². The van der Waals surface area contributed by atoms with Crippen LogP contribution in [0.2, 0.25) is 5.02 Å². The lowest BCUT2D eigenvalue weighted by Crippen LogP contribution is -2.08. The molecule has 14 heavy (non-hydrogen) atoms. The van der Waals surface area contributed by atoms with E-state index in [1.165, 1.54) is 13.2 Å². The van der Waals surface area contributed by atoms with Gasteiger partial charge in [0.05, 0.1) is 23.7 Å². The second-order valence-electron chi connectivity index (χ2n) is 2.77. The molecule has 3 nitrogen and oxygen atoms in total. The minimum Gasteiger partial charge on any atom is -0.506 e. The predicted molar refractivity (Wildman–Crippen MR) is 56.8 cm³/mol. The number of benzene rings is 1. The minimum absolute atomic E-state index is 0.0570. The molecule has 1 aromatic carbocycles. The third kappa shape index (κ3) is 1.84. The Kier molecular flexibility index (Phi) is 3.38. The summed E-state index contributed by atoms with van der Waals surface area (Å²) in [7, 11) is 1.50. The van der Waals surface area contributed by atoms with Crippen molar-refractivity contribution in [3.05, 3.63) is 35.4 Å². The van der Waals surface area contributed by atoms with Crippen LogP contribution in [-0.2, 0) is 0 Å². The van der Waals surface area contributed by atoms with E-state index in [0.717, 1.165) is 0 Å². The summed E-state index contributed by atoms with van der Waals surface area (Å²) in [4.78, 5) is 0. The second kappa shape index (κ2) is 4.35. The Morgan fingerprint density at radius 1 is 1.64 bits per heavy atom. The zero-order valence-electron chi connectivity index (χ0n) is 7.83. The normalized spacial score (nSPS) is 12.2. The lowest BCUT2D eigenvalue weighted by Gasteiger charge is -2.14. The van der Waals surface area contributed by atoms with E-state index in [4.69, 9.17) is 22.1 Å². The zero-order valence-corrected chi connectivity index (χ0v) is 8.58. The van der Waals surface area contributed by atoms with Crippen LogP contribution in [0.25, 0.3) is 0 Å². The Hall–Kier alpha value is -1.19. The quantitative estimate of drug-likeness (QED) is 0.758. The van der Waals surface area contributed by atoms with Crippen molar-refractivity contribution in [2.75, 3.05) is 7.11 Å². The minimum atomic E-state index is -0.497. The lowest BCUT2D eigenvalue weighted by molar-refractivity contribution is 0.397. The van der Waals surface area contributed by atoms with Crippen molar-refractivity contribution in [1.29, 1.82) is 0 Å². The Bertz CT molecular complexity index is 352. The number of phenols is 1. The summed E-state index contributed by atoms with van der Waals surface area (Å²) in [5.74, 6) is 0.442. The zero-order chi connectivity index (χ0) is 10.7. The summed E-state index contributed by atoms with van der Waals surface area (Å²) in [6.07, 6.45) is 1.51.